The molecule has 0 unspecified atom stereocenters. The number of furan rings is 1. The summed E-state index contributed by atoms with van der Waals surface area (Å²) in [4.78, 5) is 0. The number of nitrogens with one attached hydrogen (secondary N) is 1. The van der Waals surface area contributed by atoms with Crippen molar-refractivity contribution >= 4 is 11.0 Å². The smallest absolute Gasteiger partial charge is 0.134 e. The van der Waals surface area contributed by atoms with Gasteiger partial charge < -0.3 is 14.3 Å². The monoisotopic (exact) mass is 296 g/mol. The van der Waals surface area contributed by atoms with Crippen LogP contribution in [0.25, 0.3) is 11.0 Å². The molecule has 1 aliphatic heterocycles. The van der Waals surface area contributed by atoms with Gasteiger partial charge in [0.25, 0.3) is 0 Å². The van der Waals surface area contributed by atoms with E-state index in [4.69, 9.17) is 4.42 Å². The Bertz CT molecular complexity index is 742. The number of aromatic nitrogens is 3. The lowest BCUT2D eigenvalue weighted by molar-refractivity contribution is 0.360. The first-order valence-electron chi connectivity index (χ1n) is 7.95. The van der Waals surface area contributed by atoms with Crippen molar-refractivity contribution in [1.82, 2.24) is 20.1 Å². The molecule has 0 aliphatic carbocycles. The number of hydrogen-bond donors (Lipinski definition) is 1. The first-order chi connectivity index (χ1) is 10.8. The Kier molecular flexibility index (Phi) is 3.42. The molecule has 1 atom stereocenters. The highest BCUT2D eigenvalue weighted by molar-refractivity contribution is 5.77. The molecule has 0 fully saturated rings. The Hall–Kier alpha value is -2.14. The minimum Gasteiger partial charge on any atom is -0.460 e. The predicted molar refractivity (Wildman–Crippen MR) is 84.6 cm³/mol. The number of fused-ring (bicyclic) bond motifs is 2. The number of nitrogens with zero attached hydrogens (tertiary/aromatic N) is 3. The van der Waals surface area contributed by atoms with E-state index in [1.54, 1.807) is 0 Å². The number of para-hydroxylation sites is 1. The average Bonchev–Trinajstić information content (AvgIpc) is 3.15. The van der Waals surface area contributed by atoms with E-state index in [9.17, 15) is 0 Å². The quantitative estimate of drug-likeness (QED) is 0.804. The third-order valence-corrected chi connectivity index (χ3v) is 4.38. The molecule has 2 aromatic heterocycles. The fourth-order valence-corrected chi connectivity index (χ4v) is 3.18. The van der Waals surface area contributed by atoms with Crippen LogP contribution in [0, 0.1) is 0 Å². The summed E-state index contributed by atoms with van der Waals surface area (Å²) in [6.07, 6.45) is 3.02. The van der Waals surface area contributed by atoms with Gasteiger partial charge in [-0.25, -0.2) is 0 Å². The first kappa shape index (κ1) is 13.5. The average molecular weight is 296 g/mol. The highest BCUT2D eigenvalue weighted by atomic mass is 16.3. The third kappa shape index (κ3) is 2.41. The van der Waals surface area contributed by atoms with E-state index < -0.39 is 0 Å². The second kappa shape index (κ2) is 5.57. The zero-order valence-electron chi connectivity index (χ0n) is 12.7. The molecule has 3 aromatic rings. The number of rotatable bonds is 4. The van der Waals surface area contributed by atoms with Crippen LogP contribution in [0.5, 0.6) is 0 Å². The van der Waals surface area contributed by atoms with Gasteiger partial charge in [-0.15, -0.1) is 10.2 Å². The van der Waals surface area contributed by atoms with Crippen LogP contribution in [0.4, 0.5) is 0 Å². The zero-order chi connectivity index (χ0) is 14.9. The van der Waals surface area contributed by atoms with Gasteiger partial charge in [-0.1, -0.05) is 25.1 Å². The van der Waals surface area contributed by atoms with E-state index in [0.717, 1.165) is 60.7 Å². The summed E-state index contributed by atoms with van der Waals surface area (Å²) in [7, 11) is 0. The Morgan fingerprint density at radius 1 is 1.32 bits per heavy atom. The van der Waals surface area contributed by atoms with Gasteiger partial charge in [-0.3, -0.25) is 0 Å². The standard InChI is InChI=1S/C17H20N4O/c1-2-16-19-20-17-8-7-13(11-21(16)17)18-10-14-9-12-5-3-4-6-15(12)22-14/h3-6,9,13,18H,2,7-8,10-11H2,1H3/t13-/m0/s1. The number of aryl methyl sites for hydroxylation is 2. The predicted octanol–water partition coefficient (Wildman–Crippen LogP) is 2.69. The maximum atomic E-state index is 5.86. The first-order valence-corrected chi connectivity index (χ1v) is 7.95. The van der Waals surface area contributed by atoms with Crippen molar-refractivity contribution in [2.24, 2.45) is 0 Å². The molecule has 0 spiro atoms. The summed E-state index contributed by atoms with van der Waals surface area (Å²) < 4.78 is 8.13. The maximum Gasteiger partial charge on any atom is 0.134 e. The van der Waals surface area contributed by atoms with E-state index >= 15 is 0 Å². The highest BCUT2D eigenvalue weighted by Gasteiger charge is 2.22. The van der Waals surface area contributed by atoms with E-state index in [1.165, 1.54) is 0 Å². The molecule has 4 rings (SSSR count). The lowest BCUT2D eigenvalue weighted by Gasteiger charge is -2.25. The lowest BCUT2D eigenvalue weighted by atomic mass is 10.1. The van der Waals surface area contributed by atoms with E-state index in [2.05, 4.69) is 39.1 Å². The Labute approximate surface area is 129 Å². The molecule has 0 bridgehead atoms. The lowest BCUT2D eigenvalue weighted by Crippen LogP contribution is -2.37. The SMILES string of the molecule is CCc1nnc2n1C[C@@H](NCc1cc3ccccc3o1)CC2. The largest absolute Gasteiger partial charge is 0.460 e. The molecule has 1 aromatic carbocycles. The fraction of sp³-hybridized carbons (Fsp3) is 0.412. The molecule has 5 heteroatoms. The summed E-state index contributed by atoms with van der Waals surface area (Å²) in [5, 5.41) is 13.3. The molecule has 0 saturated carbocycles. The molecule has 22 heavy (non-hydrogen) atoms. The van der Waals surface area contributed by atoms with Crippen LogP contribution in [0.3, 0.4) is 0 Å². The van der Waals surface area contributed by atoms with Crippen molar-refractivity contribution in [3.63, 3.8) is 0 Å². The fourth-order valence-electron chi connectivity index (χ4n) is 3.18. The van der Waals surface area contributed by atoms with Crippen molar-refractivity contribution < 1.29 is 4.42 Å². The Morgan fingerprint density at radius 2 is 2.23 bits per heavy atom. The van der Waals surface area contributed by atoms with Crippen LogP contribution < -0.4 is 5.32 Å². The van der Waals surface area contributed by atoms with E-state index in [1.807, 2.05) is 18.2 Å². The topological polar surface area (TPSA) is 55.9 Å². The van der Waals surface area contributed by atoms with Crippen molar-refractivity contribution in [1.29, 1.82) is 0 Å². The van der Waals surface area contributed by atoms with Gasteiger partial charge >= 0.3 is 0 Å². The maximum absolute atomic E-state index is 5.86. The molecule has 3 heterocycles. The van der Waals surface area contributed by atoms with Crippen molar-refractivity contribution in [3.8, 4) is 0 Å². The second-order valence-electron chi connectivity index (χ2n) is 5.86. The number of benzene rings is 1. The van der Waals surface area contributed by atoms with Crippen LogP contribution >= 0.6 is 0 Å². The summed E-state index contributed by atoms with van der Waals surface area (Å²) in [6, 6.07) is 10.7. The minimum atomic E-state index is 0.446. The second-order valence-corrected chi connectivity index (χ2v) is 5.86. The molecular formula is C17H20N4O. The Balaban J connectivity index is 1.44. The molecule has 0 radical (unpaired) electrons. The van der Waals surface area contributed by atoms with Crippen molar-refractivity contribution in [2.75, 3.05) is 0 Å². The summed E-state index contributed by atoms with van der Waals surface area (Å²) in [6.45, 7) is 3.84. The molecule has 1 aliphatic rings. The highest BCUT2D eigenvalue weighted by Crippen LogP contribution is 2.20. The molecule has 5 nitrogen and oxygen atoms in total. The zero-order valence-corrected chi connectivity index (χ0v) is 12.7. The van der Waals surface area contributed by atoms with Gasteiger partial charge in [0.1, 0.15) is 23.0 Å². The van der Waals surface area contributed by atoms with Gasteiger partial charge in [-0.2, -0.15) is 0 Å². The van der Waals surface area contributed by atoms with Gasteiger partial charge in [0, 0.05) is 30.8 Å². The van der Waals surface area contributed by atoms with Crippen molar-refractivity contribution in [2.45, 2.75) is 45.3 Å². The summed E-state index contributed by atoms with van der Waals surface area (Å²) >= 11 is 0. The Morgan fingerprint density at radius 3 is 3.09 bits per heavy atom. The molecule has 0 saturated heterocycles. The van der Waals surface area contributed by atoms with Crippen LogP contribution in [0.2, 0.25) is 0 Å². The van der Waals surface area contributed by atoms with Gasteiger partial charge in [0.2, 0.25) is 0 Å². The molecule has 0 amide bonds. The van der Waals surface area contributed by atoms with Crippen molar-refractivity contribution in [3.05, 3.63) is 47.7 Å². The third-order valence-electron chi connectivity index (χ3n) is 4.38. The minimum absolute atomic E-state index is 0.446. The van der Waals surface area contributed by atoms with Crippen LogP contribution in [0.1, 0.15) is 30.8 Å². The van der Waals surface area contributed by atoms with E-state index in [-0.39, 0.29) is 0 Å². The van der Waals surface area contributed by atoms with Crippen LogP contribution in [-0.2, 0) is 25.9 Å². The van der Waals surface area contributed by atoms with E-state index in [0.29, 0.717) is 6.04 Å². The molecular weight excluding hydrogens is 276 g/mol. The number of hydrogen-bond acceptors (Lipinski definition) is 4. The molecule has 1 N–H and O–H groups in total. The summed E-state index contributed by atoms with van der Waals surface area (Å²) in [5.74, 6) is 3.20. The van der Waals surface area contributed by atoms with Crippen LogP contribution in [-0.4, -0.2) is 20.8 Å². The van der Waals surface area contributed by atoms with Gasteiger partial charge in [0.15, 0.2) is 0 Å². The summed E-state index contributed by atoms with van der Waals surface area (Å²) in [5.41, 5.74) is 0.956. The van der Waals surface area contributed by atoms with Crippen LogP contribution in [0.15, 0.2) is 34.7 Å². The normalized spacial score (nSPS) is 17.8. The van der Waals surface area contributed by atoms with Gasteiger partial charge in [0.05, 0.1) is 6.54 Å². The molecule has 114 valence electrons. The van der Waals surface area contributed by atoms with Gasteiger partial charge in [-0.05, 0) is 18.6 Å².